The highest BCUT2D eigenvalue weighted by molar-refractivity contribution is 5.79. The number of benzene rings is 2. The molecule has 1 saturated carbocycles. The summed E-state index contributed by atoms with van der Waals surface area (Å²) in [5.74, 6) is 0.199. The Morgan fingerprint density at radius 2 is 1.70 bits per heavy atom. The molecule has 156 valence electrons. The molecule has 5 rings (SSSR count). The maximum Gasteiger partial charge on any atom is 0.407 e. The van der Waals surface area contributed by atoms with E-state index in [1.54, 1.807) is 0 Å². The third kappa shape index (κ3) is 3.25. The summed E-state index contributed by atoms with van der Waals surface area (Å²) in [6, 6.07) is 16.4. The normalized spacial score (nSPS) is 26.6. The summed E-state index contributed by atoms with van der Waals surface area (Å²) in [5, 5.41) is 6.36. The average Bonchev–Trinajstić information content (AvgIpc) is 3.44. The molecule has 30 heavy (non-hydrogen) atoms. The predicted octanol–water partition coefficient (Wildman–Crippen LogP) is 3.21. The maximum absolute atomic E-state index is 12.6. The van der Waals surface area contributed by atoms with Gasteiger partial charge in [0.05, 0.1) is 7.11 Å². The Bertz CT molecular complexity index is 930. The lowest BCUT2D eigenvalue weighted by atomic mass is 9.98. The smallest absolute Gasteiger partial charge is 0.407 e. The van der Waals surface area contributed by atoms with Gasteiger partial charge < -0.3 is 14.8 Å². The summed E-state index contributed by atoms with van der Waals surface area (Å²) in [4.78, 5) is 24.4. The van der Waals surface area contributed by atoms with Gasteiger partial charge in [0.2, 0.25) is 0 Å². The Labute approximate surface area is 176 Å². The Kier molecular flexibility index (Phi) is 4.95. The van der Waals surface area contributed by atoms with E-state index in [1.165, 1.54) is 29.4 Å². The first-order valence-corrected chi connectivity index (χ1v) is 10.6. The second-order valence-corrected chi connectivity index (χ2v) is 8.42. The molecule has 2 N–H and O–H groups in total. The Hall–Kier alpha value is -2.86. The molecule has 2 fully saturated rings. The van der Waals surface area contributed by atoms with Gasteiger partial charge in [0, 0.05) is 18.0 Å². The molecule has 2 aromatic carbocycles. The maximum atomic E-state index is 12.6. The van der Waals surface area contributed by atoms with Gasteiger partial charge in [-0.05, 0) is 47.4 Å². The van der Waals surface area contributed by atoms with Crippen LogP contribution in [0.2, 0.25) is 0 Å². The van der Waals surface area contributed by atoms with Crippen molar-refractivity contribution in [3.05, 3.63) is 59.7 Å². The van der Waals surface area contributed by atoms with E-state index in [-0.39, 0.29) is 30.0 Å². The number of carbonyl (C=O) groups is 2. The van der Waals surface area contributed by atoms with Crippen molar-refractivity contribution in [3.8, 4) is 11.1 Å². The van der Waals surface area contributed by atoms with Crippen molar-refractivity contribution < 1.29 is 19.1 Å². The number of nitrogens with one attached hydrogen (secondary N) is 2. The van der Waals surface area contributed by atoms with Gasteiger partial charge in [-0.25, -0.2) is 4.79 Å². The number of fused-ring (bicyclic) bond motifs is 4. The Morgan fingerprint density at radius 1 is 1.03 bits per heavy atom. The van der Waals surface area contributed by atoms with Crippen molar-refractivity contribution in [1.82, 2.24) is 10.6 Å². The lowest BCUT2D eigenvalue weighted by Gasteiger charge is -2.22. The standard InChI is InChI=1S/C24H26N2O4/c1-29-23(27)21-12-14-10-11-20(22(14)25-21)26-24(28)30-13-19-17-8-4-2-6-15(17)16-7-3-5-9-18(16)19/h2-9,14,19-22,25H,10-13H2,1H3,(H,26,28). The number of methoxy groups -OCH3 is 1. The number of hydrogen-bond acceptors (Lipinski definition) is 5. The lowest BCUT2D eigenvalue weighted by molar-refractivity contribution is -0.142. The van der Waals surface area contributed by atoms with Crippen molar-refractivity contribution in [1.29, 1.82) is 0 Å². The van der Waals surface area contributed by atoms with E-state index >= 15 is 0 Å². The highest BCUT2D eigenvalue weighted by atomic mass is 16.5. The SMILES string of the molecule is COC(=O)C1CC2CCC(NC(=O)OCC3c4ccccc4-c4ccccc43)C2N1. The van der Waals surface area contributed by atoms with Crippen LogP contribution < -0.4 is 10.6 Å². The fraction of sp³-hybridized carbons (Fsp3) is 0.417. The van der Waals surface area contributed by atoms with E-state index in [0.29, 0.717) is 12.5 Å². The molecule has 0 aromatic heterocycles. The van der Waals surface area contributed by atoms with Crippen molar-refractivity contribution in [2.24, 2.45) is 5.92 Å². The van der Waals surface area contributed by atoms with Gasteiger partial charge in [-0.1, -0.05) is 48.5 Å². The largest absolute Gasteiger partial charge is 0.468 e. The van der Waals surface area contributed by atoms with Crippen LogP contribution in [0, 0.1) is 5.92 Å². The molecule has 1 amide bonds. The van der Waals surface area contributed by atoms with E-state index in [0.717, 1.165) is 19.3 Å². The molecule has 0 spiro atoms. The lowest BCUT2D eigenvalue weighted by Crippen LogP contribution is -2.49. The van der Waals surface area contributed by atoms with Gasteiger partial charge in [-0.3, -0.25) is 10.1 Å². The summed E-state index contributed by atoms with van der Waals surface area (Å²) >= 11 is 0. The number of ether oxygens (including phenoxy) is 2. The Balaban J connectivity index is 1.22. The molecule has 3 aliphatic rings. The second-order valence-electron chi connectivity index (χ2n) is 8.42. The number of esters is 1. The van der Waals surface area contributed by atoms with Crippen molar-refractivity contribution in [2.45, 2.75) is 43.3 Å². The molecule has 1 aliphatic heterocycles. The molecule has 4 unspecified atom stereocenters. The van der Waals surface area contributed by atoms with Gasteiger partial charge in [0.15, 0.2) is 0 Å². The van der Waals surface area contributed by atoms with Gasteiger partial charge in [0.1, 0.15) is 12.6 Å². The molecule has 1 heterocycles. The third-order valence-corrected chi connectivity index (χ3v) is 6.85. The number of amides is 1. The molecule has 2 aliphatic carbocycles. The number of hydrogen-bond donors (Lipinski definition) is 2. The van der Waals surface area contributed by atoms with Gasteiger partial charge in [0.25, 0.3) is 0 Å². The predicted molar refractivity (Wildman–Crippen MR) is 112 cm³/mol. The fourth-order valence-corrected chi connectivity index (χ4v) is 5.46. The van der Waals surface area contributed by atoms with Gasteiger partial charge in [-0.2, -0.15) is 0 Å². The topological polar surface area (TPSA) is 76.7 Å². The first kappa shape index (κ1) is 19.1. The summed E-state index contributed by atoms with van der Waals surface area (Å²) in [6.07, 6.45) is 2.24. The number of carbonyl (C=O) groups excluding carboxylic acids is 2. The number of alkyl carbamates (subject to hydrolysis) is 1. The van der Waals surface area contributed by atoms with E-state index in [4.69, 9.17) is 9.47 Å². The van der Waals surface area contributed by atoms with Crippen LogP contribution in [0.4, 0.5) is 4.79 Å². The quantitative estimate of drug-likeness (QED) is 0.763. The molecular weight excluding hydrogens is 380 g/mol. The summed E-state index contributed by atoms with van der Waals surface area (Å²) < 4.78 is 10.5. The van der Waals surface area contributed by atoms with Crippen molar-refractivity contribution in [3.63, 3.8) is 0 Å². The zero-order valence-electron chi connectivity index (χ0n) is 17.0. The monoisotopic (exact) mass is 406 g/mol. The van der Waals surface area contributed by atoms with Crippen molar-refractivity contribution in [2.75, 3.05) is 13.7 Å². The van der Waals surface area contributed by atoms with Crippen LogP contribution in [0.15, 0.2) is 48.5 Å². The van der Waals surface area contributed by atoms with E-state index in [2.05, 4.69) is 34.9 Å². The van der Waals surface area contributed by atoms with E-state index in [1.807, 2.05) is 24.3 Å². The minimum absolute atomic E-state index is 0.0275. The summed E-state index contributed by atoms with van der Waals surface area (Å²) in [6.45, 7) is 0.304. The van der Waals surface area contributed by atoms with Crippen LogP contribution in [0.25, 0.3) is 11.1 Å². The Morgan fingerprint density at radius 3 is 2.37 bits per heavy atom. The minimum Gasteiger partial charge on any atom is -0.468 e. The first-order chi connectivity index (χ1) is 14.7. The molecule has 2 aromatic rings. The molecule has 0 radical (unpaired) electrons. The number of rotatable bonds is 4. The minimum atomic E-state index is -0.397. The third-order valence-electron chi connectivity index (χ3n) is 6.85. The first-order valence-electron chi connectivity index (χ1n) is 10.6. The van der Waals surface area contributed by atoms with E-state index in [9.17, 15) is 9.59 Å². The van der Waals surface area contributed by atoms with Crippen LogP contribution in [0.3, 0.4) is 0 Å². The zero-order valence-corrected chi connectivity index (χ0v) is 17.0. The second kappa shape index (κ2) is 7.76. The van der Waals surface area contributed by atoms with Crippen LogP contribution in [-0.2, 0) is 14.3 Å². The van der Waals surface area contributed by atoms with E-state index < -0.39 is 6.09 Å². The zero-order chi connectivity index (χ0) is 20.7. The molecule has 0 bridgehead atoms. The van der Waals surface area contributed by atoms with Crippen LogP contribution in [-0.4, -0.2) is 43.9 Å². The fourth-order valence-electron chi connectivity index (χ4n) is 5.46. The molecular formula is C24H26N2O4. The highest BCUT2D eigenvalue weighted by Gasteiger charge is 2.46. The molecule has 6 nitrogen and oxygen atoms in total. The molecule has 6 heteroatoms. The van der Waals surface area contributed by atoms with Gasteiger partial charge in [-0.15, -0.1) is 0 Å². The highest BCUT2D eigenvalue weighted by Crippen LogP contribution is 2.44. The summed E-state index contributed by atoms with van der Waals surface area (Å²) in [7, 11) is 1.41. The summed E-state index contributed by atoms with van der Waals surface area (Å²) in [5.41, 5.74) is 4.83. The van der Waals surface area contributed by atoms with Gasteiger partial charge >= 0.3 is 12.1 Å². The van der Waals surface area contributed by atoms with Crippen LogP contribution >= 0.6 is 0 Å². The molecule has 4 atom stereocenters. The average molecular weight is 406 g/mol. The van der Waals surface area contributed by atoms with Crippen LogP contribution in [0.5, 0.6) is 0 Å². The molecule has 1 saturated heterocycles. The van der Waals surface area contributed by atoms with Crippen LogP contribution in [0.1, 0.15) is 36.3 Å². The van der Waals surface area contributed by atoms with Crippen molar-refractivity contribution >= 4 is 12.1 Å².